The molecule has 28 heavy (non-hydrogen) atoms. The van der Waals surface area contributed by atoms with Crippen LogP contribution >= 0.6 is 0 Å². The van der Waals surface area contributed by atoms with Crippen LogP contribution in [-0.4, -0.2) is 18.4 Å². The van der Waals surface area contributed by atoms with Crippen molar-refractivity contribution >= 4 is 23.2 Å². The molecule has 7 heteroatoms. The molecule has 0 saturated heterocycles. The standard InChI is InChI=1S/C21H23F3N2O2/c1-5-26(17-8-6-7-14(2)13-17)19(28)20(3,4)18(27)25-16-11-9-15(10-12-16)21(22,23)24/h6-13H,5H2,1-4H3,(H,25,27). The number of halogens is 3. The third-order valence-corrected chi connectivity index (χ3v) is 4.45. The van der Waals surface area contributed by atoms with E-state index < -0.39 is 29.0 Å². The number of nitrogens with zero attached hydrogens (tertiary/aromatic N) is 1. The van der Waals surface area contributed by atoms with Crippen LogP contribution in [0, 0.1) is 12.3 Å². The number of aryl methyl sites for hydroxylation is 1. The zero-order valence-corrected chi connectivity index (χ0v) is 16.2. The number of amides is 2. The van der Waals surface area contributed by atoms with Gasteiger partial charge in [0.25, 0.3) is 0 Å². The van der Waals surface area contributed by atoms with E-state index in [9.17, 15) is 22.8 Å². The number of anilines is 2. The Bertz CT molecular complexity index is 859. The van der Waals surface area contributed by atoms with Crippen molar-refractivity contribution in [3.8, 4) is 0 Å². The van der Waals surface area contributed by atoms with Gasteiger partial charge in [-0.1, -0.05) is 12.1 Å². The minimum atomic E-state index is -4.45. The molecule has 0 bridgehead atoms. The first-order valence-electron chi connectivity index (χ1n) is 8.84. The van der Waals surface area contributed by atoms with Gasteiger partial charge in [0.05, 0.1) is 5.56 Å². The summed E-state index contributed by atoms with van der Waals surface area (Å²) in [6.07, 6.45) is -4.45. The molecule has 2 aromatic rings. The molecule has 0 aromatic heterocycles. The van der Waals surface area contributed by atoms with Crippen molar-refractivity contribution < 1.29 is 22.8 Å². The lowest BCUT2D eigenvalue weighted by Gasteiger charge is -2.30. The monoisotopic (exact) mass is 392 g/mol. The van der Waals surface area contributed by atoms with Crippen LogP contribution < -0.4 is 10.2 Å². The molecular formula is C21H23F3N2O2. The first-order chi connectivity index (χ1) is 13.0. The number of hydrogen-bond acceptors (Lipinski definition) is 2. The Labute approximate surface area is 162 Å². The van der Waals surface area contributed by atoms with Crippen molar-refractivity contribution in [1.29, 1.82) is 0 Å². The third kappa shape index (κ3) is 4.71. The van der Waals surface area contributed by atoms with Crippen molar-refractivity contribution in [2.24, 2.45) is 5.41 Å². The molecule has 0 saturated carbocycles. The van der Waals surface area contributed by atoms with E-state index in [0.29, 0.717) is 12.2 Å². The first kappa shape index (κ1) is 21.5. The fourth-order valence-electron chi connectivity index (χ4n) is 2.70. The Morgan fingerprint density at radius 3 is 2.14 bits per heavy atom. The van der Waals surface area contributed by atoms with Gasteiger partial charge in [0.15, 0.2) is 0 Å². The maximum absolute atomic E-state index is 13.0. The molecule has 0 heterocycles. The van der Waals surface area contributed by atoms with Crippen molar-refractivity contribution in [1.82, 2.24) is 0 Å². The van der Waals surface area contributed by atoms with Gasteiger partial charge in [-0.25, -0.2) is 0 Å². The Morgan fingerprint density at radius 2 is 1.64 bits per heavy atom. The molecule has 2 aromatic carbocycles. The summed E-state index contributed by atoms with van der Waals surface area (Å²) < 4.78 is 38.0. The van der Waals surface area contributed by atoms with E-state index in [2.05, 4.69) is 5.32 Å². The highest BCUT2D eigenvalue weighted by molar-refractivity contribution is 6.14. The SMILES string of the molecule is CCN(C(=O)C(C)(C)C(=O)Nc1ccc(C(F)(F)F)cc1)c1cccc(C)c1. The Hall–Kier alpha value is -2.83. The average Bonchev–Trinajstić information content (AvgIpc) is 2.62. The highest BCUT2D eigenvalue weighted by Crippen LogP contribution is 2.31. The highest BCUT2D eigenvalue weighted by Gasteiger charge is 2.39. The van der Waals surface area contributed by atoms with Gasteiger partial charge in [-0.05, 0) is 69.7 Å². The van der Waals surface area contributed by atoms with Crippen LogP contribution in [0.5, 0.6) is 0 Å². The molecule has 0 spiro atoms. The van der Waals surface area contributed by atoms with Crippen LogP contribution in [0.3, 0.4) is 0 Å². The number of rotatable bonds is 5. The summed E-state index contributed by atoms with van der Waals surface area (Å²) in [4.78, 5) is 27.2. The normalized spacial score (nSPS) is 11.8. The minimum absolute atomic E-state index is 0.192. The molecule has 4 nitrogen and oxygen atoms in total. The summed E-state index contributed by atoms with van der Waals surface area (Å²) in [5.74, 6) is -0.992. The maximum Gasteiger partial charge on any atom is 0.416 e. The Balaban J connectivity index is 2.19. The summed E-state index contributed by atoms with van der Waals surface area (Å²) in [5.41, 5.74) is -0.365. The zero-order chi connectivity index (χ0) is 21.1. The van der Waals surface area contributed by atoms with Crippen molar-refractivity contribution in [2.75, 3.05) is 16.8 Å². The Kier molecular flexibility index (Phi) is 6.17. The smallest absolute Gasteiger partial charge is 0.325 e. The molecule has 1 N–H and O–H groups in total. The molecule has 2 rings (SSSR count). The summed E-state index contributed by atoms with van der Waals surface area (Å²) >= 11 is 0. The van der Waals surface area contributed by atoms with Gasteiger partial charge in [0, 0.05) is 17.9 Å². The van der Waals surface area contributed by atoms with Crippen LogP contribution in [0.1, 0.15) is 31.9 Å². The van der Waals surface area contributed by atoms with Gasteiger partial charge in [0.2, 0.25) is 11.8 Å². The van der Waals surface area contributed by atoms with Gasteiger partial charge >= 0.3 is 6.18 Å². The predicted octanol–water partition coefficient (Wildman–Crippen LogP) is 5.03. The molecule has 0 aliphatic rings. The lowest BCUT2D eigenvalue weighted by Crippen LogP contribution is -2.47. The first-order valence-corrected chi connectivity index (χ1v) is 8.84. The summed E-state index contributed by atoms with van der Waals surface area (Å²) in [7, 11) is 0. The largest absolute Gasteiger partial charge is 0.416 e. The van der Waals surface area contributed by atoms with Crippen molar-refractivity contribution in [3.05, 3.63) is 59.7 Å². The molecule has 0 unspecified atom stereocenters. The van der Waals surface area contributed by atoms with Gasteiger partial charge in [0.1, 0.15) is 5.41 Å². The number of carbonyl (C=O) groups is 2. The topological polar surface area (TPSA) is 49.4 Å². The molecular weight excluding hydrogens is 369 g/mol. The quantitative estimate of drug-likeness (QED) is 0.726. The highest BCUT2D eigenvalue weighted by atomic mass is 19.4. The van der Waals surface area contributed by atoms with Gasteiger partial charge in [-0.15, -0.1) is 0 Å². The van der Waals surface area contributed by atoms with E-state index in [1.54, 1.807) is 6.07 Å². The van der Waals surface area contributed by atoms with E-state index in [-0.39, 0.29) is 5.69 Å². The zero-order valence-electron chi connectivity index (χ0n) is 16.2. The number of carbonyl (C=O) groups excluding carboxylic acids is 2. The van der Waals surface area contributed by atoms with Crippen LogP contribution in [0.25, 0.3) is 0 Å². The lowest BCUT2D eigenvalue weighted by atomic mass is 9.89. The van der Waals surface area contributed by atoms with Gasteiger partial charge in [-0.2, -0.15) is 13.2 Å². The average molecular weight is 392 g/mol. The fraction of sp³-hybridized carbons (Fsp3) is 0.333. The van der Waals surface area contributed by atoms with Crippen LogP contribution in [0.4, 0.5) is 24.5 Å². The number of alkyl halides is 3. The maximum atomic E-state index is 13.0. The van der Waals surface area contributed by atoms with Crippen LogP contribution in [0.15, 0.2) is 48.5 Å². The molecule has 0 aliphatic heterocycles. The van der Waals surface area contributed by atoms with E-state index >= 15 is 0 Å². The second-order valence-corrected chi connectivity index (χ2v) is 7.04. The van der Waals surface area contributed by atoms with E-state index in [1.807, 2.05) is 32.0 Å². The fourth-order valence-corrected chi connectivity index (χ4v) is 2.70. The van der Waals surface area contributed by atoms with Crippen molar-refractivity contribution in [3.63, 3.8) is 0 Å². The summed E-state index contributed by atoms with van der Waals surface area (Å²) in [6, 6.07) is 11.5. The van der Waals surface area contributed by atoms with E-state index in [0.717, 1.165) is 17.7 Å². The van der Waals surface area contributed by atoms with Crippen LogP contribution in [0.2, 0.25) is 0 Å². The summed E-state index contributed by atoms with van der Waals surface area (Å²) in [5, 5.41) is 2.53. The van der Waals surface area contributed by atoms with Crippen LogP contribution in [-0.2, 0) is 15.8 Å². The summed E-state index contributed by atoms with van der Waals surface area (Å²) in [6.45, 7) is 7.08. The molecule has 150 valence electrons. The third-order valence-electron chi connectivity index (χ3n) is 4.45. The number of benzene rings is 2. The predicted molar refractivity (Wildman–Crippen MR) is 103 cm³/mol. The Morgan fingerprint density at radius 1 is 1.04 bits per heavy atom. The van der Waals surface area contributed by atoms with Gasteiger partial charge < -0.3 is 10.2 Å². The number of hydrogen-bond donors (Lipinski definition) is 1. The molecule has 0 atom stereocenters. The molecule has 0 radical (unpaired) electrons. The molecule has 0 fully saturated rings. The number of nitrogens with one attached hydrogen (secondary N) is 1. The molecule has 2 amide bonds. The van der Waals surface area contributed by atoms with E-state index in [4.69, 9.17) is 0 Å². The second kappa shape index (κ2) is 8.04. The van der Waals surface area contributed by atoms with Gasteiger partial charge in [-0.3, -0.25) is 9.59 Å². The molecule has 0 aliphatic carbocycles. The lowest BCUT2D eigenvalue weighted by molar-refractivity contribution is -0.138. The minimum Gasteiger partial charge on any atom is -0.325 e. The van der Waals surface area contributed by atoms with E-state index in [1.165, 1.54) is 30.9 Å². The van der Waals surface area contributed by atoms with Crippen molar-refractivity contribution in [2.45, 2.75) is 33.9 Å². The second-order valence-electron chi connectivity index (χ2n) is 7.04.